The van der Waals surface area contributed by atoms with Crippen LogP contribution < -0.4 is 10.2 Å². The van der Waals surface area contributed by atoms with E-state index in [1.54, 1.807) is 31.4 Å². The number of benzene rings is 4. The van der Waals surface area contributed by atoms with Gasteiger partial charge in [0.05, 0.1) is 41.6 Å². The number of anilines is 2. The van der Waals surface area contributed by atoms with Crippen LogP contribution in [0.1, 0.15) is 66.7 Å². The summed E-state index contributed by atoms with van der Waals surface area (Å²) in [5.41, 5.74) is 7.36. The van der Waals surface area contributed by atoms with Gasteiger partial charge in [-0.25, -0.2) is 4.98 Å². The van der Waals surface area contributed by atoms with Crippen LogP contribution in [0.5, 0.6) is 0 Å². The number of nitrogens with one attached hydrogen (secondary N) is 2. The fourth-order valence-corrected chi connectivity index (χ4v) is 9.38. The molecule has 1 saturated carbocycles. The summed E-state index contributed by atoms with van der Waals surface area (Å²) in [6.07, 6.45) is 8.50. The van der Waals surface area contributed by atoms with Gasteiger partial charge in [0.2, 0.25) is 5.91 Å². The van der Waals surface area contributed by atoms with Crippen LogP contribution in [-0.4, -0.2) is 82.5 Å². The lowest BCUT2D eigenvalue weighted by Gasteiger charge is -2.42. The number of imidazole rings is 1. The van der Waals surface area contributed by atoms with Gasteiger partial charge in [-0.2, -0.15) is 0 Å². The molecule has 1 aliphatic carbocycles. The first kappa shape index (κ1) is 40.0. The molecule has 1 unspecified atom stereocenters. The number of hydrogen-bond acceptors (Lipinski definition) is 5. The zero-order chi connectivity index (χ0) is 40.5. The van der Waals surface area contributed by atoms with Gasteiger partial charge in [-0.1, -0.05) is 103 Å². The summed E-state index contributed by atoms with van der Waals surface area (Å²) < 4.78 is 2.07. The number of nitrogens with zero attached hydrogens (tertiary/aromatic N) is 5. The largest absolute Gasteiger partial charge is 0.367 e. The van der Waals surface area contributed by atoms with Crippen molar-refractivity contribution in [2.75, 3.05) is 50.5 Å². The number of amides is 2. The summed E-state index contributed by atoms with van der Waals surface area (Å²) in [6.45, 7) is 5.68. The van der Waals surface area contributed by atoms with Crippen LogP contribution in [0.3, 0.4) is 0 Å². The number of likely N-dealkylation sites (N-methyl/N-ethyl adjacent to an activating group) is 1. The lowest BCUT2D eigenvalue weighted by molar-refractivity contribution is -0.127. The Morgan fingerprint density at radius 3 is 2.33 bits per heavy atom. The molecule has 0 spiro atoms. The zero-order valence-electron chi connectivity index (χ0n) is 33.1. The topological polar surface area (TPSA) is 89.5 Å². The lowest BCUT2D eigenvalue weighted by atomic mass is 9.94. The molecule has 1 aliphatic heterocycles. The smallest absolute Gasteiger partial charge is 0.272 e. The van der Waals surface area contributed by atoms with Crippen LogP contribution in [0, 0.1) is 0 Å². The van der Waals surface area contributed by atoms with Crippen molar-refractivity contribution in [3.63, 3.8) is 0 Å². The van der Waals surface area contributed by atoms with E-state index in [4.69, 9.17) is 39.8 Å². The standard InChI is InChI=1S/C46H48Cl3N7O2/c1-29(35-17-15-32(47)26-37(35)49)56-28-50-43(31-10-6-4-7-11-31)45(56)42-36-18-16-33(48)27-38(36)51-44(42)46(58)52-39-24-30(25-41(57)53(2)3)14-19-40(39)55-22-20-54(21-23-55)34-12-8-5-9-13-34/h4,6-7,10-11,14-19,24,26-29,34,51H,5,8-9,12-13,20-23,25H2,1-3H3,(H,52,58). The minimum absolute atomic E-state index is 0.0162. The van der Waals surface area contributed by atoms with Crippen molar-refractivity contribution in [1.82, 2.24) is 24.3 Å². The van der Waals surface area contributed by atoms with E-state index in [2.05, 4.69) is 37.7 Å². The van der Waals surface area contributed by atoms with Crippen LogP contribution in [0.25, 0.3) is 33.4 Å². The molecular formula is C46H48Cl3N7O2. The average molecular weight is 837 g/mol. The fraction of sp³-hybridized carbons (Fsp3) is 0.326. The monoisotopic (exact) mass is 835 g/mol. The highest BCUT2D eigenvalue weighted by atomic mass is 35.5. The molecule has 0 bridgehead atoms. The Morgan fingerprint density at radius 1 is 0.879 bits per heavy atom. The first-order valence-electron chi connectivity index (χ1n) is 20.1. The normalized spacial score (nSPS) is 15.8. The molecule has 2 amide bonds. The average Bonchev–Trinajstić information content (AvgIpc) is 3.83. The Hall–Kier alpha value is -4.80. The quantitative estimate of drug-likeness (QED) is 0.143. The molecule has 4 aromatic carbocycles. The second kappa shape index (κ2) is 17.2. The minimum Gasteiger partial charge on any atom is -0.367 e. The molecule has 12 heteroatoms. The molecule has 1 atom stereocenters. The number of carbonyl (C=O) groups is 2. The molecular weight excluding hydrogens is 789 g/mol. The number of H-pyrrole nitrogens is 1. The Labute approximate surface area is 354 Å². The predicted octanol–water partition coefficient (Wildman–Crippen LogP) is 10.6. The highest BCUT2D eigenvalue weighted by molar-refractivity contribution is 6.35. The van der Waals surface area contributed by atoms with Crippen molar-refractivity contribution in [1.29, 1.82) is 0 Å². The van der Waals surface area contributed by atoms with Crippen LogP contribution in [0.4, 0.5) is 11.4 Å². The van der Waals surface area contributed by atoms with Crippen LogP contribution in [-0.2, 0) is 11.2 Å². The molecule has 2 aliphatic rings. The van der Waals surface area contributed by atoms with Crippen molar-refractivity contribution >= 4 is 68.9 Å². The molecule has 8 rings (SSSR count). The number of aromatic amines is 1. The summed E-state index contributed by atoms with van der Waals surface area (Å²) in [5.74, 6) is -0.345. The van der Waals surface area contributed by atoms with E-state index in [9.17, 15) is 4.79 Å². The number of piperazine rings is 1. The van der Waals surface area contributed by atoms with Gasteiger partial charge in [0, 0.05) is 83.4 Å². The van der Waals surface area contributed by atoms with E-state index in [-0.39, 0.29) is 24.3 Å². The summed E-state index contributed by atoms with van der Waals surface area (Å²) in [5, 5.41) is 5.76. The number of aromatic nitrogens is 3. The summed E-state index contributed by atoms with van der Waals surface area (Å²) in [4.78, 5) is 43.0. The van der Waals surface area contributed by atoms with E-state index >= 15 is 4.79 Å². The van der Waals surface area contributed by atoms with Gasteiger partial charge in [-0.15, -0.1) is 0 Å². The van der Waals surface area contributed by atoms with E-state index in [0.29, 0.717) is 49.3 Å². The Kier molecular flexibility index (Phi) is 11.9. The molecule has 1 saturated heterocycles. The Balaban J connectivity index is 1.23. The summed E-state index contributed by atoms with van der Waals surface area (Å²) in [6, 6.07) is 27.4. The second-order valence-electron chi connectivity index (χ2n) is 15.7. The van der Waals surface area contributed by atoms with Gasteiger partial charge in [0.15, 0.2) is 0 Å². The SMILES string of the molecule is CC(c1ccc(Cl)cc1Cl)n1cnc(-c2ccccc2)c1-c1c(C(=O)Nc2cc(CC(=O)N(C)C)ccc2N2CCN(C3CCCCC3)CC2)[nH]c2cc(Cl)ccc12. The zero-order valence-corrected chi connectivity index (χ0v) is 35.3. The van der Waals surface area contributed by atoms with Crippen LogP contribution in [0.2, 0.25) is 15.1 Å². The predicted molar refractivity (Wildman–Crippen MR) is 238 cm³/mol. The van der Waals surface area contributed by atoms with Gasteiger partial charge in [-0.3, -0.25) is 14.5 Å². The third-order valence-electron chi connectivity index (χ3n) is 11.8. The highest BCUT2D eigenvalue weighted by Gasteiger charge is 2.30. The van der Waals surface area contributed by atoms with Crippen molar-refractivity contribution < 1.29 is 9.59 Å². The summed E-state index contributed by atoms with van der Waals surface area (Å²) >= 11 is 19.7. The second-order valence-corrected chi connectivity index (χ2v) is 17.0. The molecule has 6 aromatic rings. The third kappa shape index (κ3) is 8.23. The highest BCUT2D eigenvalue weighted by Crippen LogP contribution is 2.43. The van der Waals surface area contributed by atoms with E-state index in [0.717, 1.165) is 59.6 Å². The van der Waals surface area contributed by atoms with E-state index < -0.39 is 0 Å². The van der Waals surface area contributed by atoms with E-state index in [1.807, 2.05) is 72.8 Å². The number of fused-ring (bicyclic) bond motifs is 1. The Morgan fingerprint density at radius 2 is 1.60 bits per heavy atom. The first-order chi connectivity index (χ1) is 28.0. The lowest BCUT2D eigenvalue weighted by Crippen LogP contribution is -2.51. The minimum atomic E-state index is -0.329. The van der Waals surface area contributed by atoms with Crippen molar-refractivity contribution in [2.24, 2.45) is 0 Å². The maximum absolute atomic E-state index is 15.1. The number of rotatable bonds is 10. The molecule has 300 valence electrons. The van der Waals surface area contributed by atoms with Gasteiger partial charge in [0.25, 0.3) is 5.91 Å². The summed E-state index contributed by atoms with van der Waals surface area (Å²) in [7, 11) is 3.51. The maximum atomic E-state index is 15.1. The van der Waals surface area contributed by atoms with Crippen molar-refractivity contribution in [2.45, 2.75) is 57.5 Å². The third-order valence-corrected chi connectivity index (χ3v) is 12.6. The molecule has 3 heterocycles. The van der Waals surface area contributed by atoms with Gasteiger partial charge < -0.3 is 24.7 Å². The first-order valence-corrected chi connectivity index (χ1v) is 21.2. The molecule has 58 heavy (non-hydrogen) atoms. The van der Waals surface area contributed by atoms with Crippen molar-refractivity contribution in [3.8, 4) is 22.5 Å². The molecule has 2 N–H and O–H groups in total. The number of carbonyl (C=O) groups excluding carboxylic acids is 2. The van der Waals surface area contributed by atoms with Gasteiger partial charge in [0.1, 0.15) is 5.69 Å². The molecule has 2 aromatic heterocycles. The maximum Gasteiger partial charge on any atom is 0.272 e. The van der Waals surface area contributed by atoms with Gasteiger partial charge >= 0.3 is 0 Å². The van der Waals surface area contributed by atoms with E-state index in [1.165, 1.54) is 32.1 Å². The number of halogens is 3. The molecule has 9 nitrogen and oxygen atoms in total. The molecule has 2 fully saturated rings. The molecule has 0 radical (unpaired) electrons. The fourth-order valence-electron chi connectivity index (χ4n) is 8.65. The Bertz CT molecular complexity index is 2450. The van der Waals surface area contributed by atoms with Crippen LogP contribution in [0.15, 0.2) is 91.3 Å². The number of hydrogen-bond donors (Lipinski definition) is 2. The van der Waals surface area contributed by atoms with Gasteiger partial charge in [-0.05, 0) is 67.3 Å². The van der Waals surface area contributed by atoms with Crippen molar-refractivity contribution in [3.05, 3.63) is 123 Å². The van der Waals surface area contributed by atoms with Crippen LogP contribution >= 0.6 is 34.8 Å².